The van der Waals surface area contributed by atoms with Crippen LogP contribution in [0.25, 0.3) is 10.9 Å². The Morgan fingerprint density at radius 1 is 1.12 bits per heavy atom. The standard InChI is InChI=1S/C15H20N2/c1-10(2)11(3)13-7-12-8-14(16-4)5-6-15(12)17-9-13/h5-11,16H,1-4H3. The molecule has 0 radical (unpaired) electrons. The van der Waals surface area contributed by atoms with Crippen molar-refractivity contribution in [3.8, 4) is 0 Å². The second-order valence-corrected chi connectivity index (χ2v) is 4.96. The van der Waals surface area contributed by atoms with Crippen LogP contribution in [0.5, 0.6) is 0 Å². The zero-order valence-electron chi connectivity index (χ0n) is 11.0. The number of fused-ring (bicyclic) bond motifs is 1. The molecule has 0 bridgehead atoms. The van der Waals surface area contributed by atoms with Gasteiger partial charge in [-0.2, -0.15) is 0 Å². The molecular weight excluding hydrogens is 208 g/mol. The fourth-order valence-corrected chi connectivity index (χ4v) is 1.94. The minimum absolute atomic E-state index is 0.546. The van der Waals surface area contributed by atoms with Gasteiger partial charge in [0.25, 0.3) is 0 Å². The van der Waals surface area contributed by atoms with Crippen LogP contribution in [0.15, 0.2) is 30.5 Å². The normalized spacial score (nSPS) is 13.0. The minimum Gasteiger partial charge on any atom is -0.388 e. The van der Waals surface area contributed by atoms with E-state index < -0.39 is 0 Å². The Balaban J connectivity index is 2.48. The molecule has 1 N–H and O–H groups in total. The van der Waals surface area contributed by atoms with Gasteiger partial charge in [-0.15, -0.1) is 0 Å². The summed E-state index contributed by atoms with van der Waals surface area (Å²) in [6.45, 7) is 6.76. The highest BCUT2D eigenvalue weighted by molar-refractivity contribution is 5.82. The van der Waals surface area contributed by atoms with Crippen molar-refractivity contribution in [2.75, 3.05) is 12.4 Å². The van der Waals surface area contributed by atoms with Crippen molar-refractivity contribution in [1.29, 1.82) is 0 Å². The Bertz CT molecular complexity index is 517. The van der Waals surface area contributed by atoms with E-state index in [1.807, 2.05) is 13.2 Å². The summed E-state index contributed by atoms with van der Waals surface area (Å²) in [6, 6.07) is 8.53. The molecule has 1 aromatic carbocycles. The molecule has 0 aliphatic heterocycles. The Morgan fingerprint density at radius 2 is 1.88 bits per heavy atom. The number of pyridine rings is 1. The maximum absolute atomic E-state index is 4.53. The van der Waals surface area contributed by atoms with Gasteiger partial charge in [0.15, 0.2) is 0 Å². The van der Waals surface area contributed by atoms with Gasteiger partial charge in [0.05, 0.1) is 5.52 Å². The van der Waals surface area contributed by atoms with Crippen molar-refractivity contribution in [3.05, 3.63) is 36.0 Å². The first-order valence-electron chi connectivity index (χ1n) is 6.19. The van der Waals surface area contributed by atoms with Gasteiger partial charge in [-0.25, -0.2) is 0 Å². The molecule has 0 saturated heterocycles. The first-order valence-corrected chi connectivity index (χ1v) is 6.19. The molecule has 1 heterocycles. The average Bonchev–Trinajstić information content (AvgIpc) is 2.36. The quantitative estimate of drug-likeness (QED) is 0.857. The Labute approximate surface area is 103 Å². The summed E-state index contributed by atoms with van der Waals surface area (Å²) in [5.74, 6) is 1.19. The fourth-order valence-electron chi connectivity index (χ4n) is 1.94. The Kier molecular flexibility index (Phi) is 3.32. The van der Waals surface area contributed by atoms with E-state index >= 15 is 0 Å². The summed E-state index contributed by atoms with van der Waals surface area (Å²) >= 11 is 0. The van der Waals surface area contributed by atoms with E-state index in [0.717, 1.165) is 11.2 Å². The van der Waals surface area contributed by atoms with Crippen LogP contribution in [0.1, 0.15) is 32.3 Å². The van der Waals surface area contributed by atoms with Gasteiger partial charge >= 0.3 is 0 Å². The van der Waals surface area contributed by atoms with E-state index in [2.05, 4.69) is 55.3 Å². The van der Waals surface area contributed by atoms with Gasteiger partial charge in [0.1, 0.15) is 0 Å². The van der Waals surface area contributed by atoms with Gasteiger partial charge < -0.3 is 5.32 Å². The Morgan fingerprint density at radius 3 is 2.53 bits per heavy atom. The van der Waals surface area contributed by atoms with E-state index in [1.165, 1.54) is 10.9 Å². The van der Waals surface area contributed by atoms with Crippen molar-refractivity contribution < 1.29 is 0 Å². The summed E-state index contributed by atoms with van der Waals surface area (Å²) in [7, 11) is 1.94. The third-order valence-electron chi connectivity index (χ3n) is 3.52. The number of hydrogen-bond donors (Lipinski definition) is 1. The molecule has 1 unspecified atom stereocenters. The summed E-state index contributed by atoms with van der Waals surface area (Å²) in [6.07, 6.45) is 2.01. The molecule has 90 valence electrons. The van der Waals surface area contributed by atoms with Gasteiger partial charge in [-0.3, -0.25) is 4.98 Å². The summed E-state index contributed by atoms with van der Waals surface area (Å²) in [5.41, 5.74) is 3.51. The molecule has 2 heteroatoms. The number of aromatic nitrogens is 1. The van der Waals surface area contributed by atoms with Crippen LogP contribution in [-0.2, 0) is 0 Å². The van der Waals surface area contributed by atoms with Gasteiger partial charge in [0, 0.05) is 24.3 Å². The van der Waals surface area contributed by atoms with Crippen molar-refractivity contribution in [2.24, 2.45) is 5.92 Å². The molecule has 0 saturated carbocycles. The molecule has 0 fully saturated rings. The zero-order chi connectivity index (χ0) is 12.4. The van der Waals surface area contributed by atoms with Crippen LogP contribution in [0.2, 0.25) is 0 Å². The predicted octanol–water partition coefficient (Wildman–Crippen LogP) is 4.04. The van der Waals surface area contributed by atoms with E-state index in [4.69, 9.17) is 0 Å². The fraction of sp³-hybridized carbons (Fsp3) is 0.400. The number of nitrogens with zero attached hydrogens (tertiary/aromatic N) is 1. The lowest BCUT2D eigenvalue weighted by Gasteiger charge is -2.16. The SMILES string of the molecule is CNc1ccc2ncc(C(C)C(C)C)cc2c1. The van der Waals surface area contributed by atoms with Crippen molar-refractivity contribution in [1.82, 2.24) is 4.98 Å². The van der Waals surface area contributed by atoms with Crippen LogP contribution in [0, 0.1) is 5.92 Å². The van der Waals surface area contributed by atoms with Crippen LogP contribution in [0.3, 0.4) is 0 Å². The number of rotatable bonds is 3. The zero-order valence-corrected chi connectivity index (χ0v) is 11.0. The van der Waals surface area contributed by atoms with E-state index in [0.29, 0.717) is 11.8 Å². The highest BCUT2D eigenvalue weighted by Crippen LogP contribution is 2.26. The molecule has 1 atom stereocenters. The average molecular weight is 228 g/mol. The maximum atomic E-state index is 4.53. The predicted molar refractivity (Wildman–Crippen MR) is 74.5 cm³/mol. The van der Waals surface area contributed by atoms with Gasteiger partial charge in [0.2, 0.25) is 0 Å². The molecule has 0 aliphatic carbocycles. The number of anilines is 1. The van der Waals surface area contributed by atoms with Crippen molar-refractivity contribution in [3.63, 3.8) is 0 Å². The number of nitrogens with one attached hydrogen (secondary N) is 1. The summed E-state index contributed by atoms with van der Waals surface area (Å²) < 4.78 is 0. The third-order valence-corrected chi connectivity index (χ3v) is 3.52. The molecule has 17 heavy (non-hydrogen) atoms. The first kappa shape index (κ1) is 11.9. The molecule has 2 aromatic rings. The van der Waals surface area contributed by atoms with E-state index in [9.17, 15) is 0 Å². The van der Waals surface area contributed by atoms with E-state index in [1.54, 1.807) is 0 Å². The molecule has 2 nitrogen and oxygen atoms in total. The summed E-state index contributed by atoms with van der Waals surface area (Å²) in [5, 5.41) is 4.37. The molecule has 1 aromatic heterocycles. The molecular formula is C15H20N2. The van der Waals surface area contributed by atoms with Gasteiger partial charge in [-0.05, 0) is 41.7 Å². The smallest absolute Gasteiger partial charge is 0.0703 e. The van der Waals surface area contributed by atoms with Crippen LogP contribution in [-0.4, -0.2) is 12.0 Å². The second kappa shape index (κ2) is 4.74. The highest BCUT2D eigenvalue weighted by Gasteiger charge is 2.10. The van der Waals surface area contributed by atoms with E-state index in [-0.39, 0.29) is 0 Å². The number of benzene rings is 1. The Hall–Kier alpha value is -1.57. The highest BCUT2D eigenvalue weighted by atomic mass is 14.8. The maximum Gasteiger partial charge on any atom is 0.0703 e. The molecule has 0 spiro atoms. The lowest BCUT2D eigenvalue weighted by Crippen LogP contribution is -2.02. The monoisotopic (exact) mass is 228 g/mol. The van der Waals surface area contributed by atoms with Crippen molar-refractivity contribution >= 4 is 16.6 Å². The third kappa shape index (κ3) is 2.41. The van der Waals surface area contributed by atoms with Crippen molar-refractivity contribution in [2.45, 2.75) is 26.7 Å². The van der Waals surface area contributed by atoms with Crippen LogP contribution < -0.4 is 5.32 Å². The first-order chi connectivity index (χ1) is 8.11. The largest absolute Gasteiger partial charge is 0.388 e. The van der Waals surface area contributed by atoms with Gasteiger partial charge in [-0.1, -0.05) is 20.8 Å². The minimum atomic E-state index is 0.546. The second-order valence-electron chi connectivity index (χ2n) is 4.96. The molecule has 2 rings (SSSR count). The molecule has 0 amide bonds. The number of hydrogen-bond acceptors (Lipinski definition) is 2. The topological polar surface area (TPSA) is 24.9 Å². The summed E-state index contributed by atoms with van der Waals surface area (Å²) in [4.78, 5) is 4.53. The lowest BCUT2D eigenvalue weighted by atomic mass is 9.91. The lowest BCUT2D eigenvalue weighted by molar-refractivity contribution is 0.534. The van der Waals surface area contributed by atoms with Crippen LogP contribution in [0.4, 0.5) is 5.69 Å². The molecule has 0 aliphatic rings. The van der Waals surface area contributed by atoms with Crippen LogP contribution >= 0.6 is 0 Å².